The van der Waals surface area contributed by atoms with Crippen LogP contribution in [-0.4, -0.2) is 29.0 Å². The Morgan fingerprint density at radius 1 is 1.50 bits per heavy atom. The third-order valence-electron chi connectivity index (χ3n) is 2.36. The molecule has 60 valence electrons. The molecule has 0 radical (unpaired) electrons. The van der Waals surface area contributed by atoms with Crippen molar-refractivity contribution in [3.05, 3.63) is 0 Å². The summed E-state index contributed by atoms with van der Waals surface area (Å²) in [5.41, 5.74) is 0. The summed E-state index contributed by atoms with van der Waals surface area (Å²) in [5.74, 6) is 0. The van der Waals surface area contributed by atoms with Crippen LogP contribution in [0.4, 0.5) is 0 Å². The first-order valence-electron chi connectivity index (χ1n) is 4.11. The van der Waals surface area contributed by atoms with Crippen molar-refractivity contribution in [2.75, 3.05) is 18.0 Å². The Morgan fingerprint density at radius 3 is 2.90 bits per heavy atom. The molecule has 10 heavy (non-hydrogen) atoms. The van der Waals surface area contributed by atoms with Crippen LogP contribution in [0.3, 0.4) is 0 Å². The molecule has 1 nitrogen and oxygen atoms in total. The van der Waals surface area contributed by atoms with Gasteiger partial charge in [-0.2, -0.15) is 0 Å². The second kappa shape index (κ2) is 4.54. The standard InChI is InChI=1S/C8H16IN/c1-10-7-3-2-4-8(10)5-6-9/h8H,2-7H2,1H3. The molecule has 1 aliphatic heterocycles. The van der Waals surface area contributed by atoms with E-state index < -0.39 is 0 Å². The van der Waals surface area contributed by atoms with Gasteiger partial charge in [-0.3, -0.25) is 0 Å². The molecule has 0 spiro atoms. The molecule has 0 saturated carbocycles. The van der Waals surface area contributed by atoms with Gasteiger partial charge in [0.2, 0.25) is 0 Å². The number of hydrogen-bond acceptors (Lipinski definition) is 1. The number of hydrogen-bond donors (Lipinski definition) is 0. The van der Waals surface area contributed by atoms with Gasteiger partial charge in [0.05, 0.1) is 0 Å². The Morgan fingerprint density at radius 2 is 2.30 bits per heavy atom. The van der Waals surface area contributed by atoms with Gasteiger partial charge in [0.25, 0.3) is 0 Å². The van der Waals surface area contributed by atoms with E-state index in [0.29, 0.717) is 0 Å². The van der Waals surface area contributed by atoms with Gasteiger partial charge in [-0.25, -0.2) is 0 Å². The lowest BCUT2D eigenvalue weighted by Crippen LogP contribution is -2.36. The lowest BCUT2D eigenvalue weighted by molar-refractivity contribution is 0.183. The van der Waals surface area contributed by atoms with E-state index >= 15 is 0 Å². The SMILES string of the molecule is CN1CCCCC1CCI. The summed E-state index contributed by atoms with van der Waals surface area (Å²) in [5, 5.41) is 0. The fourth-order valence-corrected chi connectivity index (χ4v) is 2.35. The van der Waals surface area contributed by atoms with Crippen molar-refractivity contribution in [1.29, 1.82) is 0 Å². The Balaban J connectivity index is 2.25. The average Bonchev–Trinajstić information content (AvgIpc) is 1.94. The molecule has 2 heteroatoms. The van der Waals surface area contributed by atoms with Crippen molar-refractivity contribution in [1.82, 2.24) is 4.90 Å². The summed E-state index contributed by atoms with van der Waals surface area (Å²) in [6.07, 6.45) is 5.68. The molecule has 1 fully saturated rings. The van der Waals surface area contributed by atoms with Crippen LogP contribution in [0.1, 0.15) is 25.7 Å². The zero-order valence-corrected chi connectivity index (χ0v) is 8.80. The van der Waals surface area contributed by atoms with Gasteiger partial charge < -0.3 is 4.90 Å². The molecule has 0 aliphatic carbocycles. The maximum Gasteiger partial charge on any atom is 0.00995 e. The highest BCUT2D eigenvalue weighted by atomic mass is 127. The molecule has 1 unspecified atom stereocenters. The highest BCUT2D eigenvalue weighted by molar-refractivity contribution is 14.1. The van der Waals surface area contributed by atoms with Gasteiger partial charge in [0, 0.05) is 10.5 Å². The summed E-state index contributed by atoms with van der Waals surface area (Å²) in [4.78, 5) is 2.52. The Hall–Kier alpha value is 0.690. The number of nitrogens with zero attached hydrogens (tertiary/aromatic N) is 1. The van der Waals surface area contributed by atoms with Crippen LogP contribution in [0.5, 0.6) is 0 Å². The van der Waals surface area contributed by atoms with E-state index in [2.05, 4.69) is 34.5 Å². The number of rotatable bonds is 2. The fourth-order valence-electron chi connectivity index (χ4n) is 1.63. The normalized spacial score (nSPS) is 28.8. The maximum atomic E-state index is 2.52. The lowest BCUT2D eigenvalue weighted by Gasteiger charge is -2.31. The number of piperidine rings is 1. The van der Waals surface area contributed by atoms with Gasteiger partial charge in [0.15, 0.2) is 0 Å². The minimum atomic E-state index is 0.894. The van der Waals surface area contributed by atoms with Crippen molar-refractivity contribution >= 4 is 22.6 Å². The first-order valence-corrected chi connectivity index (χ1v) is 5.63. The predicted molar refractivity (Wildman–Crippen MR) is 53.8 cm³/mol. The smallest absolute Gasteiger partial charge is 0.00995 e. The van der Waals surface area contributed by atoms with E-state index in [1.54, 1.807) is 0 Å². The molecule has 0 bridgehead atoms. The first-order chi connectivity index (χ1) is 4.84. The fraction of sp³-hybridized carbons (Fsp3) is 1.00. The third kappa shape index (κ3) is 2.38. The molecule has 1 heterocycles. The molecular weight excluding hydrogens is 237 g/mol. The van der Waals surface area contributed by atoms with Gasteiger partial charge in [-0.15, -0.1) is 0 Å². The van der Waals surface area contributed by atoms with E-state index in [0.717, 1.165) is 6.04 Å². The summed E-state index contributed by atoms with van der Waals surface area (Å²) in [7, 11) is 2.26. The topological polar surface area (TPSA) is 3.24 Å². The zero-order valence-electron chi connectivity index (χ0n) is 6.65. The molecule has 0 aromatic carbocycles. The summed E-state index contributed by atoms with van der Waals surface area (Å²) in [6.45, 7) is 1.32. The maximum absolute atomic E-state index is 2.52. The molecule has 1 aliphatic rings. The zero-order chi connectivity index (χ0) is 7.40. The Bertz CT molecular complexity index is 93.3. The van der Waals surface area contributed by atoms with E-state index in [4.69, 9.17) is 0 Å². The van der Waals surface area contributed by atoms with E-state index in [1.165, 1.54) is 36.7 Å². The highest BCUT2D eigenvalue weighted by Gasteiger charge is 2.17. The largest absolute Gasteiger partial charge is 0.303 e. The number of alkyl halides is 1. The van der Waals surface area contributed by atoms with Crippen LogP contribution in [0.2, 0.25) is 0 Å². The monoisotopic (exact) mass is 253 g/mol. The average molecular weight is 253 g/mol. The van der Waals surface area contributed by atoms with Crippen molar-refractivity contribution in [2.45, 2.75) is 31.7 Å². The second-order valence-electron chi connectivity index (χ2n) is 3.11. The Labute approximate surface area is 77.3 Å². The summed E-state index contributed by atoms with van der Waals surface area (Å²) < 4.78 is 1.31. The quantitative estimate of drug-likeness (QED) is 0.539. The lowest BCUT2D eigenvalue weighted by atomic mass is 10.0. The van der Waals surface area contributed by atoms with Crippen molar-refractivity contribution in [3.63, 3.8) is 0 Å². The molecule has 1 rings (SSSR count). The van der Waals surface area contributed by atoms with Gasteiger partial charge in [0.1, 0.15) is 0 Å². The van der Waals surface area contributed by atoms with Crippen molar-refractivity contribution in [3.8, 4) is 0 Å². The van der Waals surface area contributed by atoms with E-state index in [9.17, 15) is 0 Å². The molecule has 0 aromatic heterocycles. The van der Waals surface area contributed by atoms with Gasteiger partial charge in [-0.05, 0) is 32.9 Å². The number of likely N-dealkylation sites (tertiary alicyclic amines) is 1. The van der Waals surface area contributed by atoms with Crippen LogP contribution in [0, 0.1) is 0 Å². The summed E-state index contributed by atoms with van der Waals surface area (Å²) >= 11 is 2.47. The molecule has 0 amide bonds. The van der Waals surface area contributed by atoms with Gasteiger partial charge in [-0.1, -0.05) is 29.0 Å². The minimum Gasteiger partial charge on any atom is -0.303 e. The molecule has 0 N–H and O–H groups in total. The Kier molecular flexibility index (Phi) is 3.99. The minimum absolute atomic E-state index is 0.894. The van der Waals surface area contributed by atoms with Crippen LogP contribution in [-0.2, 0) is 0 Å². The van der Waals surface area contributed by atoms with Crippen LogP contribution in [0.15, 0.2) is 0 Å². The van der Waals surface area contributed by atoms with E-state index in [-0.39, 0.29) is 0 Å². The predicted octanol–water partition coefficient (Wildman–Crippen LogP) is 2.30. The van der Waals surface area contributed by atoms with Crippen LogP contribution < -0.4 is 0 Å². The van der Waals surface area contributed by atoms with Crippen LogP contribution in [0.25, 0.3) is 0 Å². The molecular formula is C8H16IN. The van der Waals surface area contributed by atoms with Crippen molar-refractivity contribution < 1.29 is 0 Å². The van der Waals surface area contributed by atoms with Crippen molar-refractivity contribution in [2.24, 2.45) is 0 Å². The molecule has 0 aromatic rings. The van der Waals surface area contributed by atoms with Gasteiger partial charge >= 0.3 is 0 Å². The van der Waals surface area contributed by atoms with E-state index in [1.807, 2.05) is 0 Å². The number of halogens is 1. The third-order valence-corrected chi connectivity index (χ3v) is 2.99. The highest BCUT2D eigenvalue weighted by Crippen LogP contribution is 2.18. The van der Waals surface area contributed by atoms with Crippen LogP contribution >= 0.6 is 22.6 Å². The summed E-state index contributed by atoms with van der Waals surface area (Å²) in [6, 6.07) is 0.894. The first kappa shape index (κ1) is 8.78. The molecule has 1 saturated heterocycles. The second-order valence-corrected chi connectivity index (χ2v) is 4.19. The molecule has 1 atom stereocenters.